The molecule has 1 atom stereocenters. The first kappa shape index (κ1) is 33.5. The molecule has 0 N–H and O–H groups in total. The fraction of sp³-hybridized carbons (Fsp3) is 0.359. The third kappa shape index (κ3) is 7.59. The van der Waals surface area contributed by atoms with E-state index in [-0.39, 0.29) is 23.3 Å². The second kappa shape index (κ2) is 15.2. The van der Waals surface area contributed by atoms with Crippen LogP contribution in [0.3, 0.4) is 0 Å². The number of nitrogens with zero attached hydrogens (tertiary/aromatic N) is 4. The smallest absolute Gasteiger partial charge is 0.257 e. The van der Waals surface area contributed by atoms with Crippen LogP contribution in [-0.4, -0.2) is 57.6 Å². The van der Waals surface area contributed by atoms with Gasteiger partial charge in [-0.25, -0.2) is 4.98 Å². The molecule has 8 nitrogen and oxygen atoms in total. The molecule has 0 spiro atoms. The molecular formula is C39H44N4O4. The van der Waals surface area contributed by atoms with E-state index in [1.54, 1.807) is 36.2 Å². The van der Waals surface area contributed by atoms with E-state index in [0.717, 1.165) is 36.2 Å². The number of rotatable bonds is 12. The van der Waals surface area contributed by atoms with Crippen molar-refractivity contribution in [2.75, 3.05) is 20.1 Å². The number of aromatic nitrogens is 2. The first-order valence-corrected chi connectivity index (χ1v) is 16.5. The maximum absolute atomic E-state index is 14.4. The summed E-state index contributed by atoms with van der Waals surface area (Å²) in [4.78, 5) is 62.1. The summed E-state index contributed by atoms with van der Waals surface area (Å²) in [5.41, 5.74) is 4.58. The molecule has 8 heteroatoms. The van der Waals surface area contributed by atoms with E-state index < -0.39 is 6.04 Å². The Balaban J connectivity index is 1.53. The van der Waals surface area contributed by atoms with Crippen LogP contribution in [0.25, 0.3) is 0 Å². The Labute approximate surface area is 277 Å². The third-order valence-electron chi connectivity index (χ3n) is 8.99. The largest absolute Gasteiger partial charge is 0.342 e. The molecule has 2 amide bonds. The fourth-order valence-electron chi connectivity index (χ4n) is 6.47. The van der Waals surface area contributed by atoms with Crippen molar-refractivity contribution in [3.8, 4) is 0 Å². The van der Waals surface area contributed by atoms with E-state index in [4.69, 9.17) is 4.98 Å². The predicted octanol–water partition coefficient (Wildman–Crippen LogP) is 6.29. The molecule has 2 heterocycles. The Kier molecular flexibility index (Phi) is 10.8. The van der Waals surface area contributed by atoms with E-state index in [0.29, 0.717) is 66.7 Å². The molecule has 1 aliphatic heterocycles. The van der Waals surface area contributed by atoms with Gasteiger partial charge in [0.15, 0.2) is 6.29 Å². The molecule has 5 rings (SSSR count). The Morgan fingerprint density at radius 3 is 2.32 bits per heavy atom. The molecule has 1 aliphatic rings. The standard InChI is InChI=1S/C39H44N4O4/c1-27(2)36(35-33(25-29-13-6-5-7-14-29)39(47)42-23-11-10-17-34(42)40-35)43(37(45)30-20-18-28(3)19-21-30)24-12-22-41(4)38(46)32-16-9-8-15-31(32)26-44/h5-9,13-16,18-21,26-27,36H,10-12,17,22-25H2,1-4H3. The number of aldehydes is 1. The van der Waals surface area contributed by atoms with Crippen LogP contribution in [0.15, 0.2) is 83.7 Å². The summed E-state index contributed by atoms with van der Waals surface area (Å²) in [6.45, 7) is 7.47. The predicted molar refractivity (Wildman–Crippen MR) is 184 cm³/mol. The second-order valence-corrected chi connectivity index (χ2v) is 12.8. The van der Waals surface area contributed by atoms with Crippen LogP contribution in [0.2, 0.25) is 0 Å². The summed E-state index contributed by atoms with van der Waals surface area (Å²) in [7, 11) is 1.71. The van der Waals surface area contributed by atoms with E-state index in [2.05, 4.69) is 13.8 Å². The first-order valence-electron chi connectivity index (χ1n) is 16.5. The Bertz CT molecular complexity index is 1780. The molecule has 0 bridgehead atoms. The highest BCUT2D eigenvalue weighted by atomic mass is 16.2. The Morgan fingerprint density at radius 2 is 1.62 bits per heavy atom. The van der Waals surface area contributed by atoms with Gasteiger partial charge in [-0.05, 0) is 55.9 Å². The van der Waals surface area contributed by atoms with Crippen LogP contribution in [0, 0.1) is 12.8 Å². The number of carbonyl (C=O) groups excluding carboxylic acids is 3. The number of carbonyl (C=O) groups is 3. The van der Waals surface area contributed by atoms with Gasteiger partial charge in [-0.15, -0.1) is 0 Å². The fourth-order valence-corrected chi connectivity index (χ4v) is 6.47. The molecular weight excluding hydrogens is 588 g/mol. The van der Waals surface area contributed by atoms with Gasteiger partial charge in [-0.1, -0.05) is 80.1 Å². The van der Waals surface area contributed by atoms with Gasteiger partial charge in [0.1, 0.15) is 5.82 Å². The summed E-state index contributed by atoms with van der Waals surface area (Å²) >= 11 is 0. The zero-order valence-electron chi connectivity index (χ0n) is 27.8. The number of aryl methyl sites for hydroxylation is 2. The molecule has 4 aromatic rings. The van der Waals surface area contributed by atoms with Crippen molar-refractivity contribution in [3.63, 3.8) is 0 Å². The van der Waals surface area contributed by atoms with Crippen molar-refractivity contribution in [2.24, 2.45) is 5.92 Å². The summed E-state index contributed by atoms with van der Waals surface area (Å²) in [5.74, 6) is 0.324. The van der Waals surface area contributed by atoms with Crippen molar-refractivity contribution >= 4 is 18.1 Å². The zero-order chi connectivity index (χ0) is 33.5. The topological polar surface area (TPSA) is 92.6 Å². The SMILES string of the molecule is Cc1ccc(C(=O)N(CCCN(C)C(=O)c2ccccc2C=O)C(c2nc3n(c(=O)c2Cc2ccccc2)CCCC3)C(C)C)cc1. The van der Waals surface area contributed by atoms with Crippen molar-refractivity contribution in [3.05, 3.63) is 134 Å². The van der Waals surface area contributed by atoms with Crippen molar-refractivity contribution < 1.29 is 14.4 Å². The van der Waals surface area contributed by atoms with E-state index in [1.807, 2.05) is 71.0 Å². The minimum Gasteiger partial charge on any atom is -0.342 e. The van der Waals surface area contributed by atoms with Crippen LogP contribution in [-0.2, 0) is 19.4 Å². The number of amides is 2. The normalized spacial score (nSPS) is 13.1. The van der Waals surface area contributed by atoms with Crippen LogP contribution in [0.4, 0.5) is 0 Å². The molecule has 3 aromatic carbocycles. The summed E-state index contributed by atoms with van der Waals surface area (Å²) < 4.78 is 1.83. The van der Waals surface area contributed by atoms with Gasteiger partial charge in [0.2, 0.25) is 0 Å². The average molecular weight is 633 g/mol. The number of hydrogen-bond donors (Lipinski definition) is 0. The van der Waals surface area contributed by atoms with E-state index in [1.165, 1.54) is 0 Å². The van der Waals surface area contributed by atoms with Gasteiger partial charge in [0.25, 0.3) is 17.4 Å². The molecule has 244 valence electrons. The molecule has 0 saturated carbocycles. The van der Waals surface area contributed by atoms with E-state index in [9.17, 15) is 19.2 Å². The van der Waals surface area contributed by atoms with Gasteiger partial charge < -0.3 is 9.80 Å². The van der Waals surface area contributed by atoms with E-state index >= 15 is 0 Å². The second-order valence-electron chi connectivity index (χ2n) is 12.8. The number of fused-ring (bicyclic) bond motifs is 1. The maximum Gasteiger partial charge on any atom is 0.257 e. The van der Waals surface area contributed by atoms with Crippen LogP contribution >= 0.6 is 0 Å². The van der Waals surface area contributed by atoms with Crippen LogP contribution < -0.4 is 5.56 Å². The van der Waals surface area contributed by atoms with Gasteiger partial charge >= 0.3 is 0 Å². The van der Waals surface area contributed by atoms with Crippen LogP contribution in [0.5, 0.6) is 0 Å². The lowest BCUT2D eigenvalue weighted by molar-refractivity contribution is 0.0599. The molecule has 0 radical (unpaired) electrons. The lowest BCUT2D eigenvalue weighted by Crippen LogP contribution is -2.42. The molecule has 0 saturated heterocycles. The van der Waals surface area contributed by atoms with Gasteiger partial charge in [-0.3, -0.25) is 23.7 Å². The lowest BCUT2D eigenvalue weighted by atomic mass is 9.91. The number of benzene rings is 3. The van der Waals surface area contributed by atoms with Gasteiger partial charge in [0.05, 0.1) is 17.3 Å². The minimum absolute atomic E-state index is 0.0267. The highest BCUT2D eigenvalue weighted by Gasteiger charge is 2.34. The van der Waals surface area contributed by atoms with Crippen molar-refractivity contribution in [1.82, 2.24) is 19.4 Å². The summed E-state index contributed by atoms with van der Waals surface area (Å²) in [6.07, 6.45) is 4.23. The average Bonchev–Trinajstić information content (AvgIpc) is 3.09. The molecule has 0 aliphatic carbocycles. The summed E-state index contributed by atoms with van der Waals surface area (Å²) in [6, 6.07) is 23.7. The highest BCUT2D eigenvalue weighted by molar-refractivity contribution is 6.01. The Hall–Kier alpha value is -4.85. The first-order chi connectivity index (χ1) is 22.7. The van der Waals surface area contributed by atoms with Crippen molar-refractivity contribution in [2.45, 2.75) is 65.5 Å². The third-order valence-corrected chi connectivity index (χ3v) is 8.99. The Morgan fingerprint density at radius 1 is 0.915 bits per heavy atom. The highest BCUT2D eigenvalue weighted by Crippen LogP contribution is 2.32. The van der Waals surface area contributed by atoms with Crippen molar-refractivity contribution in [1.29, 1.82) is 0 Å². The van der Waals surface area contributed by atoms with Gasteiger partial charge in [-0.2, -0.15) is 0 Å². The minimum atomic E-state index is -0.472. The number of hydrogen-bond acceptors (Lipinski definition) is 5. The quantitative estimate of drug-likeness (QED) is 0.171. The molecule has 1 unspecified atom stereocenters. The molecule has 47 heavy (non-hydrogen) atoms. The van der Waals surface area contributed by atoms with Crippen LogP contribution in [0.1, 0.15) is 98.4 Å². The maximum atomic E-state index is 14.4. The molecule has 0 fully saturated rings. The monoisotopic (exact) mass is 632 g/mol. The summed E-state index contributed by atoms with van der Waals surface area (Å²) in [5, 5.41) is 0. The lowest BCUT2D eigenvalue weighted by Gasteiger charge is -2.36. The molecule has 1 aromatic heterocycles. The zero-order valence-corrected chi connectivity index (χ0v) is 27.8. The van der Waals surface area contributed by atoms with Gasteiger partial charge in [0, 0.05) is 56.2 Å².